The Morgan fingerprint density at radius 3 is 2.67 bits per heavy atom. The molecule has 21 heavy (non-hydrogen) atoms. The van der Waals surface area contributed by atoms with E-state index in [0.717, 1.165) is 5.56 Å². The predicted molar refractivity (Wildman–Crippen MR) is 77.4 cm³/mol. The van der Waals surface area contributed by atoms with Crippen molar-refractivity contribution in [1.82, 2.24) is 10.6 Å². The number of urea groups is 1. The SMILES string of the molecule is CC(C)C[C@H](NC(=O)NCc1cccc(C#N)c1)C(=O)O. The Kier molecular flexibility index (Phi) is 6.21. The van der Waals surface area contributed by atoms with Crippen molar-refractivity contribution >= 4 is 12.0 Å². The molecule has 0 aliphatic heterocycles. The van der Waals surface area contributed by atoms with Gasteiger partial charge < -0.3 is 15.7 Å². The summed E-state index contributed by atoms with van der Waals surface area (Å²) in [4.78, 5) is 22.8. The molecule has 0 unspecified atom stereocenters. The lowest BCUT2D eigenvalue weighted by Gasteiger charge is -2.17. The molecule has 0 fully saturated rings. The predicted octanol–water partition coefficient (Wildman–Crippen LogP) is 1.86. The summed E-state index contributed by atoms with van der Waals surface area (Å²) in [5, 5.41) is 22.9. The normalized spacial score (nSPS) is 11.5. The Morgan fingerprint density at radius 1 is 1.38 bits per heavy atom. The van der Waals surface area contributed by atoms with Gasteiger partial charge in [0.1, 0.15) is 6.04 Å². The van der Waals surface area contributed by atoms with Crippen molar-refractivity contribution in [2.24, 2.45) is 5.92 Å². The van der Waals surface area contributed by atoms with Crippen LogP contribution in [0, 0.1) is 17.2 Å². The highest BCUT2D eigenvalue weighted by molar-refractivity contribution is 5.82. The average Bonchev–Trinajstić information content (AvgIpc) is 2.44. The van der Waals surface area contributed by atoms with Crippen LogP contribution < -0.4 is 10.6 Å². The van der Waals surface area contributed by atoms with Crippen LogP contribution in [0.1, 0.15) is 31.4 Å². The lowest BCUT2D eigenvalue weighted by atomic mass is 10.0. The van der Waals surface area contributed by atoms with Gasteiger partial charge in [0.05, 0.1) is 11.6 Å². The van der Waals surface area contributed by atoms with E-state index in [1.54, 1.807) is 24.3 Å². The van der Waals surface area contributed by atoms with Crippen molar-refractivity contribution in [2.45, 2.75) is 32.9 Å². The van der Waals surface area contributed by atoms with Crippen molar-refractivity contribution in [3.8, 4) is 6.07 Å². The molecule has 3 N–H and O–H groups in total. The summed E-state index contributed by atoms with van der Waals surface area (Å²) in [7, 11) is 0. The monoisotopic (exact) mass is 289 g/mol. The van der Waals surface area contributed by atoms with Crippen molar-refractivity contribution in [3.05, 3.63) is 35.4 Å². The van der Waals surface area contributed by atoms with Crippen molar-refractivity contribution in [1.29, 1.82) is 5.26 Å². The van der Waals surface area contributed by atoms with Crippen molar-refractivity contribution in [2.75, 3.05) is 0 Å². The molecular formula is C15H19N3O3. The molecule has 0 aliphatic rings. The summed E-state index contributed by atoms with van der Waals surface area (Å²) < 4.78 is 0. The van der Waals surface area contributed by atoms with Crippen molar-refractivity contribution < 1.29 is 14.7 Å². The van der Waals surface area contributed by atoms with Gasteiger partial charge in [0, 0.05) is 6.54 Å². The van der Waals surface area contributed by atoms with E-state index in [4.69, 9.17) is 10.4 Å². The van der Waals surface area contributed by atoms with Crippen molar-refractivity contribution in [3.63, 3.8) is 0 Å². The van der Waals surface area contributed by atoms with E-state index in [0.29, 0.717) is 12.0 Å². The maximum atomic E-state index is 11.7. The quantitative estimate of drug-likeness (QED) is 0.743. The minimum atomic E-state index is -1.05. The third-order valence-corrected chi connectivity index (χ3v) is 2.82. The zero-order valence-electron chi connectivity index (χ0n) is 12.1. The Hall–Kier alpha value is -2.55. The fourth-order valence-electron chi connectivity index (χ4n) is 1.84. The molecule has 2 amide bonds. The number of carboxylic acids is 1. The smallest absolute Gasteiger partial charge is 0.326 e. The molecule has 0 aliphatic carbocycles. The molecule has 0 heterocycles. The highest BCUT2D eigenvalue weighted by Gasteiger charge is 2.20. The zero-order valence-corrected chi connectivity index (χ0v) is 12.1. The van der Waals surface area contributed by atoms with Gasteiger partial charge in [-0.05, 0) is 30.0 Å². The lowest BCUT2D eigenvalue weighted by Crippen LogP contribution is -2.46. The topological polar surface area (TPSA) is 102 Å². The van der Waals surface area contributed by atoms with Crippen LogP contribution >= 0.6 is 0 Å². The maximum absolute atomic E-state index is 11.7. The molecule has 1 aromatic carbocycles. The second-order valence-corrected chi connectivity index (χ2v) is 5.16. The van der Waals surface area contributed by atoms with Gasteiger partial charge in [0.25, 0.3) is 0 Å². The van der Waals surface area contributed by atoms with Crippen LogP contribution in [0.25, 0.3) is 0 Å². The van der Waals surface area contributed by atoms with Gasteiger partial charge in [-0.15, -0.1) is 0 Å². The number of nitrogens with one attached hydrogen (secondary N) is 2. The van der Waals surface area contributed by atoms with E-state index < -0.39 is 18.0 Å². The third kappa shape index (κ3) is 5.95. The number of rotatable bonds is 6. The highest BCUT2D eigenvalue weighted by Crippen LogP contribution is 2.06. The number of aliphatic carboxylic acids is 1. The summed E-state index contributed by atoms with van der Waals surface area (Å²) in [5.41, 5.74) is 1.29. The van der Waals surface area contributed by atoms with Crippen LogP contribution in [-0.2, 0) is 11.3 Å². The Bertz CT molecular complexity index is 549. The maximum Gasteiger partial charge on any atom is 0.326 e. The summed E-state index contributed by atoms with van der Waals surface area (Å²) >= 11 is 0. The first-order chi connectivity index (χ1) is 9.92. The Morgan fingerprint density at radius 2 is 2.10 bits per heavy atom. The minimum absolute atomic E-state index is 0.165. The van der Waals surface area contributed by atoms with E-state index in [9.17, 15) is 9.59 Å². The number of hydrogen-bond acceptors (Lipinski definition) is 3. The van der Waals surface area contributed by atoms with E-state index in [2.05, 4.69) is 10.6 Å². The number of carbonyl (C=O) groups is 2. The van der Waals surface area contributed by atoms with Crippen LogP contribution in [0.3, 0.4) is 0 Å². The summed E-state index contributed by atoms with van der Waals surface area (Å²) in [5.74, 6) is -0.885. The van der Waals surface area contributed by atoms with Crippen LogP contribution in [0.5, 0.6) is 0 Å². The molecule has 1 aromatic rings. The molecule has 1 atom stereocenters. The highest BCUT2D eigenvalue weighted by atomic mass is 16.4. The van der Waals surface area contributed by atoms with Gasteiger partial charge in [-0.3, -0.25) is 0 Å². The van der Waals surface area contributed by atoms with Gasteiger partial charge in [-0.25, -0.2) is 9.59 Å². The standard InChI is InChI=1S/C15H19N3O3/c1-10(2)6-13(14(19)20)18-15(21)17-9-12-5-3-4-11(7-12)8-16/h3-5,7,10,13H,6,9H2,1-2H3,(H,19,20)(H2,17,18,21)/t13-/m0/s1. The molecule has 0 spiro atoms. The average molecular weight is 289 g/mol. The van der Waals surface area contributed by atoms with Gasteiger partial charge in [-0.2, -0.15) is 5.26 Å². The third-order valence-electron chi connectivity index (χ3n) is 2.82. The molecule has 1 rings (SSSR count). The molecule has 0 saturated heterocycles. The number of benzene rings is 1. The summed E-state index contributed by atoms with van der Waals surface area (Å²) in [6.45, 7) is 4.02. The lowest BCUT2D eigenvalue weighted by molar-refractivity contribution is -0.139. The number of nitriles is 1. The number of amides is 2. The molecular weight excluding hydrogens is 270 g/mol. The fourth-order valence-corrected chi connectivity index (χ4v) is 1.84. The zero-order chi connectivity index (χ0) is 15.8. The largest absolute Gasteiger partial charge is 0.480 e. The van der Waals surface area contributed by atoms with Gasteiger partial charge in [-0.1, -0.05) is 26.0 Å². The number of carbonyl (C=O) groups excluding carboxylic acids is 1. The first-order valence-electron chi connectivity index (χ1n) is 6.68. The number of hydrogen-bond donors (Lipinski definition) is 3. The van der Waals surface area contributed by atoms with E-state index in [1.165, 1.54) is 0 Å². The molecule has 0 saturated carbocycles. The fraction of sp³-hybridized carbons (Fsp3) is 0.400. The summed E-state index contributed by atoms with van der Waals surface area (Å²) in [6.07, 6.45) is 0.368. The van der Waals surface area contributed by atoms with E-state index in [-0.39, 0.29) is 12.5 Å². The van der Waals surface area contributed by atoms with Gasteiger partial charge in [0.15, 0.2) is 0 Å². The molecule has 112 valence electrons. The Balaban J connectivity index is 2.52. The van der Waals surface area contributed by atoms with Crippen LogP contribution in [-0.4, -0.2) is 23.1 Å². The minimum Gasteiger partial charge on any atom is -0.480 e. The number of carboxylic acid groups (broad SMARTS) is 1. The first-order valence-corrected chi connectivity index (χ1v) is 6.68. The van der Waals surface area contributed by atoms with Crippen LogP contribution in [0.4, 0.5) is 4.79 Å². The molecule has 0 bridgehead atoms. The molecule has 6 heteroatoms. The van der Waals surface area contributed by atoms with Gasteiger partial charge in [0.2, 0.25) is 0 Å². The van der Waals surface area contributed by atoms with Gasteiger partial charge >= 0.3 is 12.0 Å². The second-order valence-electron chi connectivity index (χ2n) is 5.16. The number of nitrogens with zero attached hydrogens (tertiary/aromatic N) is 1. The summed E-state index contributed by atoms with van der Waals surface area (Å²) in [6, 6.07) is 7.43. The second kappa shape index (κ2) is 7.90. The van der Waals surface area contributed by atoms with E-state index in [1.807, 2.05) is 19.9 Å². The first kappa shape index (κ1) is 16.5. The van der Waals surface area contributed by atoms with Crippen LogP contribution in [0.2, 0.25) is 0 Å². The molecule has 0 aromatic heterocycles. The molecule has 0 radical (unpaired) electrons. The van der Waals surface area contributed by atoms with E-state index >= 15 is 0 Å². The molecule has 6 nitrogen and oxygen atoms in total. The Labute approximate surface area is 123 Å². The van der Waals surface area contributed by atoms with Crippen LogP contribution in [0.15, 0.2) is 24.3 Å².